The van der Waals surface area contributed by atoms with Crippen molar-refractivity contribution in [2.24, 2.45) is 0 Å². The summed E-state index contributed by atoms with van der Waals surface area (Å²) in [4.78, 5) is 16.0. The van der Waals surface area contributed by atoms with E-state index in [4.69, 9.17) is 27.2 Å². The Hall–Kier alpha value is -1.13. The molecule has 0 spiro atoms. The Bertz CT molecular complexity index is 971. The molecule has 1 aromatic rings. The molecule has 4 rings (SSSR count). The first kappa shape index (κ1) is 26.9. The Balaban J connectivity index is 1.87. The van der Waals surface area contributed by atoms with Crippen LogP contribution in [0.3, 0.4) is 0 Å². The van der Waals surface area contributed by atoms with Crippen LogP contribution in [0.1, 0.15) is 55.4 Å². The second-order valence-electron chi connectivity index (χ2n) is 11.0. The van der Waals surface area contributed by atoms with Crippen molar-refractivity contribution in [2.45, 2.75) is 108 Å². The fourth-order valence-corrected chi connectivity index (χ4v) is 17.1. The van der Waals surface area contributed by atoms with Crippen LogP contribution < -0.4 is 10.3 Å². The summed E-state index contributed by atoms with van der Waals surface area (Å²) >= 11 is 0. The Morgan fingerprint density at radius 3 is 2.23 bits per heavy atom. The first-order valence-electron chi connectivity index (χ1n) is 12.5. The van der Waals surface area contributed by atoms with Gasteiger partial charge >= 0.3 is 23.1 Å². The van der Waals surface area contributed by atoms with E-state index in [0.29, 0.717) is 0 Å². The molecule has 35 heavy (non-hydrogen) atoms. The summed E-state index contributed by atoms with van der Waals surface area (Å²) in [5.74, 6) is 0. The van der Waals surface area contributed by atoms with Gasteiger partial charge < -0.3 is 32.3 Å². The summed E-state index contributed by atoms with van der Waals surface area (Å²) < 4.78 is 40.8. The van der Waals surface area contributed by atoms with Crippen molar-refractivity contribution in [3.05, 3.63) is 22.6 Å². The van der Waals surface area contributed by atoms with E-state index < -0.39 is 53.0 Å². The SMILES string of the molecule is CO[C@H](O)[C@]12O[C@@H]3CO[Si](C(C)C)(C(C)C)O[Si](C(C)C)(C(C)C)O[C@@H]3[C@H]1Oc1nc(=O)ccn12. The van der Waals surface area contributed by atoms with Crippen molar-refractivity contribution in [3.63, 3.8) is 0 Å². The average Bonchev–Trinajstić information content (AvgIpc) is 3.23. The molecule has 0 bridgehead atoms. The lowest BCUT2D eigenvalue weighted by Gasteiger charge is -2.51. The predicted molar refractivity (Wildman–Crippen MR) is 133 cm³/mol. The molecule has 12 heteroatoms. The summed E-state index contributed by atoms with van der Waals surface area (Å²) in [6, 6.07) is 1.36. The lowest BCUT2D eigenvalue weighted by molar-refractivity contribution is -0.263. The van der Waals surface area contributed by atoms with Crippen molar-refractivity contribution >= 4 is 17.1 Å². The fourth-order valence-electron chi connectivity index (χ4n) is 5.89. The van der Waals surface area contributed by atoms with E-state index >= 15 is 0 Å². The highest BCUT2D eigenvalue weighted by molar-refractivity contribution is 6.84. The van der Waals surface area contributed by atoms with Crippen LogP contribution in [-0.4, -0.2) is 70.1 Å². The number of aromatic nitrogens is 2. The Kier molecular flexibility index (Phi) is 7.17. The Labute approximate surface area is 209 Å². The molecule has 1 aromatic heterocycles. The van der Waals surface area contributed by atoms with Gasteiger partial charge in [-0.15, -0.1) is 0 Å². The topological polar surface area (TPSA) is 111 Å². The third kappa shape index (κ3) is 3.88. The molecule has 0 aromatic carbocycles. The van der Waals surface area contributed by atoms with Crippen molar-refractivity contribution in [1.29, 1.82) is 0 Å². The molecule has 0 aliphatic carbocycles. The number of fused-ring (bicyclic) bond motifs is 5. The van der Waals surface area contributed by atoms with Crippen molar-refractivity contribution in [2.75, 3.05) is 13.7 Å². The quantitative estimate of drug-likeness (QED) is 0.440. The number of hydrogen-bond acceptors (Lipinski definition) is 9. The van der Waals surface area contributed by atoms with Gasteiger partial charge in [-0.1, -0.05) is 55.4 Å². The van der Waals surface area contributed by atoms with E-state index in [1.807, 2.05) is 0 Å². The molecule has 0 saturated carbocycles. The molecular formula is C23H40N2O8Si2. The number of rotatable bonds is 6. The van der Waals surface area contributed by atoms with Crippen LogP contribution >= 0.6 is 0 Å². The van der Waals surface area contributed by atoms with E-state index in [2.05, 4.69) is 60.4 Å². The van der Waals surface area contributed by atoms with E-state index in [1.54, 1.807) is 0 Å². The Morgan fingerprint density at radius 1 is 1.09 bits per heavy atom. The molecular weight excluding hydrogens is 488 g/mol. The molecule has 0 amide bonds. The predicted octanol–water partition coefficient (Wildman–Crippen LogP) is 2.98. The summed E-state index contributed by atoms with van der Waals surface area (Å²) in [6.45, 7) is 17.4. The number of nitrogens with zero attached hydrogens (tertiary/aromatic N) is 2. The third-order valence-electron chi connectivity index (χ3n) is 7.71. The molecule has 3 aliphatic heterocycles. The van der Waals surface area contributed by atoms with Crippen LogP contribution in [0.2, 0.25) is 22.2 Å². The zero-order valence-corrected chi connectivity index (χ0v) is 24.2. The van der Waals surface area contributed by atoms with Crippen molar-refractivity contribution in [1.82, 2.24) is 9.55 Å². The van der Waals surface area contributed by atoms with E-state index in [-0.39, 0.29) is 34.8 Å². The molecule has 2 saturated heterocycles. The number of aliphatic hydroxyl groups excluding tert-OH is 1. The van der Waals surface area contributed by atoms with Gasteiger partial charge in [-0.25, -0.2) is 0 Å². The van der Waals surface area contributed by atoms with Crippen molar-refractivity contribution in [3.8, 4) is 6.01 Å². The maximum Gasteiger partial charge on any atom is 0.335 e. The maximum absolute atomic E-state index is 12.0. The van der Waals surface area contributed by atoms with Crippen LogP contribution in [0.25, 0.3) is 0 Å². The van der Waals surface area contributed by atoms with Gasteiger partial charge in [0.2, 0.25) is 12.0 Å². The van der Waals surface area contributed by atoms with Gasteiger partial charge in [0.1, 0.15) is 12.2 Å². The van der Waals surface area contributed by atoms with E-state index in [0.717, 1.165) is 0 Å². The van der Waals surface area contributed by atoms with Gasteiger partial charge in [0, 0.05) is 19.4 Å². The van der Waals surface area contributed by atoms with Gasteiger partial charge in [0.05, 0.1) is 6.61 Å². The molecule has 10 nitrogen and oxygen atoms in total. The highest BCUT2D eigenvalue weighted by atomic mass is 28.5. The minimum absolute atomic E-state index is 0.0546. The monoisotopic (exact) mass is 528 g/mol. The number of methoxy groups -OCH3 is 1. The molecule has 4 heterocycles. The summed E-state index contributed by atoms with van der Waals surface area (Å²) in [7, 11) is -4.32. The molecule has 0 unspecified atom stereocenters. The van der Waals surface area contributed by atoms with Crippen LogP contribution in [0.5, 0.6) is 6.01 Å². The normalized spacial score (nSPS) is 32.2. The van der Waals surface area contributed by atoms with Crippen LogP contribution in [0, 0.1) is 0 Å². The summed E-state index contributed by atoms with van der Waals surface area (Å²) in [5.41, 5.74) is -1.33. The molecule has 3 aliphatic rings. The van der Waals surface area contributed by atoms with Gasteiger partial charge in [-0.3, -0.25) is 9.36 Å². The molecule has 0 radical (unpaired) electrons. The van der Waals surface area contributed by atoms with Crippen molar-refractivity contribution < 1.29 is 32.3 Å². The molecule has 198 valence electrons. The highest BCUT2D eigenvalue weighted by Crippen LogP contribution is 2.53. The van der Waals surface area contributed by atoms with Gasteiger partial charge in [-0.05, 0) is 22.2 Å². The third-order valence-corrected chi connectivity index (χ3v) is 18.0. The molecule has 2 fully saturated rings. The fraction of sp³-hybridized carbons (Fsp3) is 0.826. The first-order chi connectivity index (χ1) is 16.4. The largest absolute Gasteiger partial charge is 0.453 e. The Morgan fingerprint density at radius 2 is 1.69 bits per heavy atom. The lowest BCUT2D eigenvalue weighted by atomic mass is 10.0. The van der Waals surface area contributed by atoms with E-state index in [1.165, 1.54) is 23.9 Å². The minimum Gasteiger partial charge on any atom is -0.453 e. The molecule has 1 N–H and O–H groups in total. The van der Waals surface area contributed by atoms with Gasteiger partial charge in [0.15, 0.2) is 6.10 Å². The van der Waals surface area contributed by atoms with Gasteiger partial charge in [-0.2, -0.15) is 4.98 Å². The summed E-state index contributed by atoms with van der Waals surface area (Å²) in [5, 5.41) is 11.1. The minimum atomic E-state index is -2.96. The molecule has 5 atom stereocenters. The first-order valence-corrected chi connectivity index (χ1v) is 16.5. The second-order valence-corrected chi connectivity index (χ2v) is 19.9. The highest BCUT2D eigenvalue weighted by Gasteiger charge is 2.70. The standard InChI is InChI=1S/C23H40N2O8Si2/c1-13(2)34(14(3)4)29-12-17-19(32-35(33-34,15(5)6)16(7)8)20-23(31-17,21(27)28-9)25-11-10-18(26)24-22(25)30-20/h10-11,13-17,19-21,27H,12H2,1-9H3/t17-,19+,20-,21+,23-/m1/s1. The van der Waals surface area contributed by atoms with Gasteiger partial charge in [0.25, 0.3) is 5.56 Å². The number of hydrogen-bond donors (Lipinski definition) is 1. The lowest BCUT2D eigenvalue weighted by Crippen LogP contribution is -2.66. The smallest absolute Gasteiger partial charge is 0.335 e. The average molecular weight is 529 g/mol. The van der Waals surface area contributed by atoms with Crippen LogP contribution in [0.15, 0.2) is 17.1 Å². The zero-order valence-electron chi connectivity index (χ0n) is 22.2. The zero-order chi connectivity index (χ0) is 25.9. The van der Waals surface area contributed by atoms with Crippen LogP contribution in [0.4, 0.5) is 0 Å². The number of ether oxygens (including phenoxy) is 3. The number of aliphatic hydroxyl groups is 1. The van der Waals surface area contributed by atoms with Crippen LogP contribution in [-0.2, 0) is 28.2 Å². The van der Waals surface area contributed by atoms with E-state index in [9.17, 15) is 9.90 Å². The maximum atomic E-state index is 12.0. The summed E-state index contributed by atoms with van der Waals surface area (Å²) in [6.07, 6.45) is -1.88. The second kappa shape index (κ2) is 9.32.